The van der Waals surface area contributed by atoms with Crippen LogP contribution in [0.4, 0.5) is 0 Å². The summed E-state index contributed by atoms with van der Waals surface area (Å²) in [5, 5.41) is 0. The molecule has 0 nitrogen and oxygen atoms in total. The lowest BCUT2D eigenvalue weighted by atomic mass is 9.70. The van der Waals surface area contributed by atoms with E-state index in [1.54, 1.807) is 11.1 Å². The van der Waals surface area contributed by atoms with Gasteiger partial charge in [0.15, 0.2) is 0 Å². The van der Waals surface area contributed by atoms with Crippen LogP contribution in [-0.4, -0.2) is 0 Å². The van der Waals surface area contributed by atoms with Crippen LogP contribution in [-0.2, 0) is 34.8 Å². The summed E-state index contributed by atoms with van der Waals surface area (Å²) in [6.07, 6.45) is 20.1. The molecule has 1 heterocycles. The van der Waals surface area contributed by atoms with E-state index in [1.807, 2.05) is 0 Å². The fourth-order valence-corrected chi connectivity index (χ4v) is 10.8. The summed E-state index contributed by atoms with van der Waals surface area (Å²) < 4.78 is 0. The zero-order chi connectivity index (χ0) is 32.8. The van der Waals surface area contributed by atoms with Gasteiger partial charge in [0.1, 0.15) is 0 Å². The zero-order valence-electron chi connectivity index (χ0n) is 29.7. The fraction of sp³-hybridized carbons (Fsp3) is 0.478. The van der Waals surface area contributed by atoms with Crippen LogP contribution in [0.15, 0.2) is 72.8 Å². The standard InChI is InChI=1S/C46H56S2/c1-3-5-7-9-11-13-23-46(24-14-12-10-8-6-4-2)44-27-36-17-21-42(44)43-22-18-37(28-45(43)46)33-48-31-35-16-20-41-39(26-35)29-38-25-34(30-47-32-36)15-19-40(38)41/h15-22,25-28H,3-14,23-24,29-33H2,1-2H3. The molecule has 0 unspecified atom stereocenters. The second-order valence-electron chi connectivity index (χ2n) is 15.0. The lowest BCUT2D eigenvalue weighted by molar-refractivity contribution is 0.397. The molecular weight excluding hydrogens is 617 g/mol. The molecule has 0 saturated heterocycles. The molecule has 1 aliphatic heterocycles. The highest BCUT2D eigenvalue weighted by molar-refractivity contribution is 7.97. The highest BCUT2D eigenvalue weighted by atomic mass is 32.2. The fourth-order valence-electron chi connectivity index (χ4n) is 8.92. The van der Waals surface area contributed by atoms with Gasteiger partial charge in [-0.25, -0.2) is 0 Å². The van der Waals surface area contributed by atoms with Crippen LogP contribution in [0.2, 0.25) is 0 Å². The Morgan fingerprint density at radius 2 is 0.812 bits per heavy atom. The van der Waals surface area contributed by atoms with Crippen molar-refractivity contribution < 1.29 is 0 Å². The lowest BCUT2D eigenvalue weighted by Gasteiger charge is -2.33. The molecule has 7 rings (SSSR count). The number of rotatable bonds is 14. The van der Waals surface area contributed by atoms with Crippen molar-refractivity contribution >= 4 is 23.5 Å². The van der Waals surface area contributed by atoms with Crippen molar-refractivity contribution in [3.63, 3.8) is 0 Å². The third-order valence-corrected chi connectivity index (χ3v) is 13.6. The second-order valence-corrected chi connectivity index (χ2v) is 17.0. The largest absolute Gasteiger partial charge is 0.152 e. The summed E-state index contributed by atoms with van der Waals surface area (Å²) in [5.41, 5.74) is 18.4. The minimum atomic E-state index is 0.149. The van der Waals surface area contributed by atoms with Gasteiger partial charge in [0, 0.05) is 28.4 Å². The smallest absolute Gasteiger partial charge is 0.0215 e. The Balaban J connectivity index is 1.22. The molecule has 0 spiro atoms. The van der Waals surface area contributed by atoms with Gasteiger partial charge in [0.2, 0.25) is 0 Å². The Morgan fingerprint density at radius 1 is 0.438 bits per heavy atom. The van der Waals surface area contributed by atoms with Gasteiger partial charge < -0.3 is 0 Å². The molecule has 2 aliphatic carbocycles. The van der Waals surface area contributed by atoms with Crippen molar-refractivity contribution in [3.05, 3.63) is 117 Å². The number of thioether (sulfide) groups is 2. The van der Waals surface area contributed by atoms with E-state index in [0.29, 0.717) is 0 Å². The number of hydrogen-bond donors (Lipinski definition) is 0. The summed E-state index contributed by atoms with van der Waals surface area (Å²) in [4.78, 5) is 0. The van der Waals surface area contributed by atoms with Crippen molar-refractivity contribution in [1.29, 1.82) is 0 Å². The Morgan fingerprint density at radius 3 is 1.25 bits per heavy atom. The van der Waals surface area contributed by atoms with E-state index in [9.17, 15) is 0 Å². The summed E-state index contributed by atoms with van der Waals surface area (Å²) in [6.45, 7) is 4.66. The minimum absolute atomic E-state index is 0.149. The van der Waals surface area contributed by atoms with Crippen molar-refractivity contribution in [3.8, 4) is 22.3 Å². The Bertz CT molecular complexity index is 1570. The molecule has 2 heteroatoms. The maximum absolute atomic E-state index is 2.67. The molecule has 0 radical (unpaired) electrons. The number of benzene rings is 4. The van der Waals surface area contributed by atoms with Gasteiger partial charge in [0.25, 0.3) is 0 Å². The van der Waals surface area contributed by atoms with Crippen LogP contribution in [0.1, 0.15) is 148 Å². The molecular formula is C46H56S2. The summed E-state index contributed by atoms with van der Waals surface area (Å²) >= 11 is 4.18. The van der Waals surface area contributed by atoms with Crippen LogP contribution in [0.25, 0.3) is 22.3 Å². The molecule has 48 heavy (non-hydrogen) atoms. The zero-order valence-corrected chi connectivity index (χ0v) is 31.3. The van der Waals surface area contributed by atoms with E-state index in [1.165, 1.54) is 146 Å². The number of hydrogen-bond acceptors (Lipinski definition) is 2. The van der Waals surface area contributed by atoms with Gasteiger partial charge in [-0.05, 0) is 86.0 Å². The van der Waals surface area contributed by atoms with Crippen molar-refractivity contribution in [1.82, 2.24) is 0 Å². The predicted molar refractivity (Wildman–Crippen MR) is 213 cm³/mol. The van der Waals surface area contributed by atoms with E-state index in [0.717, 1.165) is 29.4 Å². The van der Waals surface area contributed by atoms with E-state index in [4.69, 9.17) is 0 Å². The molecule has 3 aliphatic rings. The highest BCUT2D eigenvalue weighted by Gasteiger charge is 2.42. The Labute approximate surface area is 300 Å². The number of fused-ring (bicyclic) bond motifs is 6. The van der Waals surface area contributed by atoms with E-state index in [2.05, 4.69) is 110 Å². The van der Waals surface area contributed by atoms with E-state index in [-0.39, 0.29) is 5.41 Å². The average molecular weight is 673 g/mol. The molecule has 0 aromatic heterocycles. The van der Waals surface area contributed by atoms with Crippen LogP contribution in [0.5, 0.6) is 0 Å². The van der Waals surface area contributed by atoms with E-state index >= 15 is 0 Å². The SMILES string of the molecule is CCCCCCCCC1(CCCCCCCC)c2cc3ccc2-c2ccc(cc21)CSCc1ccc2c(c1)Cc1cc(ccc1-2)CSC3. The third-order valence-electron chi connectivity index (χ3n) is 11.5. The second kappa shape index (κ2) is 16.1. The van der Waals surface area contributed by atoms with Gasteiger partial charge in [-0.1, -0.05) is 164 Å². The Hall–Kier alpha value is -2.42. The highest BCUT2D eigenvalue weighted by Crippen LogP contribution is 2.55. The van der Waals surface area contributed by atoms with Crippen molar-refractivity contribution in [2.75, 3.05) is 0 Å². The van der Waals surface area contributed by atoms with Gasteiger partial charge in [0.05, 0.1) is 0 Å². The van der Waals surface area contributed by atoms with Gasteiger partial charge in [-0.3, -0.25) is 0 Å². The summed E-state index contributed by atoms with van der Waals surface area (Å²) in [7, 11) is 0. The first kappa shape index (κ1) is 34.0. The molecule has 252 valence electrons. The molecule has 0 amide bonds. The first-order valence-electron chi connectivity index (χ1n) is 19.3. The maximum Gasteiger partial charge on any atom is 0.0215 e. The topological polar surface area (TPSA) is 0 Å². The van der Waals surface area contributed by atoms with Gasteiger partial charge >= 0.3 is 0 Å². The first-order valence-corrected chi connectivity index (χ1v) is 21.7. The normalized spacial score (nSPS) is 15.6. The summed E-state index contributed by atoms with van der Waals surface area (Å²) in [5.74, 6) is 4.31. The molecule has 4 aromatic carbocycles. The molecule has 8 bridgehead atoms. The Kier molecular flexibility index (Phi) is 11.4. The molecule has 4 aromatic rings. The molecule has 0 fully saturated rings. The van der Waals surface area contributed by atoms with Crippen LogP contribution in [0.3, 0.4) is 0 Å². The average Bonchev–Trinajstić information content (AvgIpc) is 3.59. The van der Waals surface area contributed by atoms with Crippen LogP contribution in [0, 0.1) is 0 Å². The predicted octanol–water partition coefficient (Wildman–Crippen LogP) is 14.2. The van der Waals surface area contributed by atoms with Crippen LogP contribution >= 0.6 is 23.5 Å². The molecule has 0 saturated carbocycles. The van der Waals surface area contributed by atoms with E-state index < -0.39 is 0 Å². The quantitative estimate of drug-likeness (QED) is 0.108. The van der Waals surface area contributed by atoms with Crippen molar-refractivity contribution in [2.45, 2.75) is 139 Å². The van der Waals surface area contributed by atoms with Gasteiger partial charge in [-0.15, -0.1) is 0 Å². The lowest BCUT2D eigenvalue weighted by Crippen LogP contribution is -2.26. The third kappa shape index (κ3) is 7.36. The molecule has 0 atom stereocenters. The van der Waals surface area contributed by atoms with Crippen molar-refractivity contribution in [2.24, 2.45) is 0 Å². The maximum atomic E-state index is 2.67. The summed E-state index contributed by atoms with van der Waals surface area (Å²) in [6, 6.07) is 29.8. The van der Waals surface area contributed by atoms with Crippen LogP contribution < -0.4 is 0 Å². The minimum Gasteiger partial charge on any atom is -0.152 e. The monoisotopic (exact) mass is 672 g/mol. The first-order chi connectivity index (χ1) is 23.7. The van der Waals surface area contributed by atoms with Gasteiger partial charge in [-0.2, -0.15) is 23.5 Å². The number of unbranched alkanes of at least 4 members (excludes halogenated alkanes) is 10. The molecule has 0 N–H and O–H groups in total.